The van der Waals surface area contributed by atoms with E-state index in [-0.39, 0.29) is 32.2 Å². The maximum Gasteiger partial charge on any atom is 0.361 e. The topological polar surface area (TPSA) is 108 Å². The SMILES string of the molecule is CCCC/C=C\C/C=C\CCCCCCCC(=O)OC(COC(=O)CCCCCCCCCCCCCCCCCCCCCCCCCCCCCCCCCC)COC(OCC[N+](C)(C)C)C(=O)O. The molecule has 2 atom stereocenters. The lowest BCUT2D eigenvalue weighted by Gasteiger charge is -2.25. The minimum absolute atomic E-state index is 0.183. The molecule has 0 saturated heterocycles. The molecule has 0 radical (unpaired) electrons. The van der Waals surface area contributed by atoms with Crippen LogP contribution < -0.4 is 0 Å². The van der Waals surface area contributed by atoms with Gasteiger partial charge in [-0.3, -0.25) is 9.59 Å². The molecule has 1 N–H and O–H groups in total. The van der Waals surface area contributed by atoms with Crippen molar-refractivity contribution in [2.45, 2.75) is 309 Å². The van der Waals surface area contributed by atoms with E-state index in [4.69, 9.17) is 18.9 Å². The smallest absolute Gasteiger partial charge is 0.361 e. The number of aliphatic carboxylic acids is 1. The number of carboxylic acid groups (broad SMARTS) is 1. The van der Waals surface area contributed by atoms with Gasteiger partial charge in [0.2, 0.25) is 0 Å². The van der Waals surface area contributed by atoms with Crippen molar-refractivity contribution in [3.63, 3.8) is 0 Å². The van der Waals surface area contributed by atoms with Crippen molar-refractivity contribution in [3.8, 4) is 0 Å². The van der Waals surface area contributed by atoms with Gasteiger partial charge in [0.1, 0.15) is 13.2 Å². The molecule has 0 spiro atoms. The van der Waals surface area contributed by atoms with Gasteiger partial charge in [0.05, 0.1) is 34.4 Å². The van der Waals surface area contributed by atoms with E-state index in [2.05, 4.69) is 38.2 Å². The molecule has 2 unspecified atom stereocenters. The Morgan fingerprint density at radius 1 is 0.423 bits per heavy atom. The number of nitrogens with zero attached hydrogens (tertiary/aromatic N) is 1. The van der Waals surface area contributed by atoms with Crippen LogP contribution in [0.1, 0.15) is 296 Å². The van der Waals surface area contributed by atoms with Crippen LogP contribution in [0.4, 0.5) is 0 Å². The third-order valence-electron chi connectivity index (χ3n) is 13.7. The van der Waals surface area contributed by atoms with E-state index in [1.165, 1.54) is 199 Å². The maximum atomic E-state index is 12.8. The van der Waals surface area contributed by atoms with E-state index in [9.17, 15) is 19.5 Å². The fourth-order valence-corrected chi connectivity index (χ4v) is 8.97. The van der Waals surface area contributed by atoms with E-state index >= 15 is 0 Å². The van der Waals surface area contributed by atoms with Crippen LogP contribution in [0, 0.1) is 0 Å². The lowest BCUT2D eigenvalue weighted by Crippen LogP contribution is -2.40. The van der Waals surface area contributed by atoms with E-state index in [1.54, 1.807) is 0 Å². The number of carbonyl (C=O) groups is 3. The molecular formula is C62H118NO8+. The first-order valence-corrected chi connectivity index (χ1v) is 30.5. The molecule has 0 aromatic heterocycles. The monoisotopic (exact) mass is 1000 g/mol. The van der Waals surface area contributed by atoms with Crippen molar-refractivity contribution < 1.29 is 42.9 Å². The zero-order valence-electron chi connectivity index (χ0n) is 47.7. The summed E-state index contributed by atoms with van der Waals surface area (Å²) in [6.07, 6.45) is 61.5. The van der Waals surface area contributed by atoms with Crippen molar-refractivity contribution in [2.24, 2.45) is 0 Å². The number of quaternary nitrogens is 1. The number of ether oxygens (including phenoxy) is 4. The second kappa shape index (κ2) is 54.0. The summed E-state index contributed by atoms with van der Waals surface area (Å²) in [5.74, 6) is -2.01. The van der Waals surface area contributed by atoms with Crippen molar-refractivity contribution >= 4 is 17.9 Å². The molecule has 0 rings (SSSR count). The molecule has 71 heavy (non-hydrogen) atoms. The highest BCUT2D eigenvalue weighted by Gasteiger charge is 2.25. The Kier molecular flexibility index (Phi) is 52.3. The van der Waals surface area contributed by atoms with Crippen LogP contribution in [-0.4, -0.2) is 87.4 Å². The summed E-state index contributed by atoms with van der Waals surface area (Å²) in [6.45, 7) is 4.86. The van der Waals surface area contributed by atoms with Crippen LogP contribution in [0.15, 0.2) is 24.3 Å². The van der Waals surface area contributed by atoms with Crippen molar-refractivity contribution in [2.75, 3.05) is 47.5 Å². The average molecular weight is 1010 g/mol. The molecule has 0 aliphatic heterocycles. The lowest BCUT2D eigenvalue weighted by atomic mass is 10.0. The highest BCUT2D eigenvalue weighted by atomic mass is 16.7. The summed E-state index contributed by atoms with van der Waals surface area (Å²) in [6, 6.07) is 0. The molecule has 9 nitrogen and oxygen atoms in total. The van der Waals surface area contributed by atoms with E-state index in [0.717, 1.165) is 64.2 Å². The first-order valence-electron chi connectivity index (χ1n) is 30.5. The van der Waals surface area contributed by atoms with Gasteiger partial charge < -0.3 is 28.5 Å². The maximum absolute atomic E-state index is 12.8. The number of hydrogen-bond acceptors (Lipinski definition) is 7. The van der Waals surface area contributed by atoms with Gasteiger partial charge in [-0.25, -0.2) is 4.79 Å². The van der Waals surface area contributed by atoms with Gasteiger partial charge in [-0.15, -0.1) is 0 Å². The van der Waals surface area contributed by atoms with Gasteiger partial charge in [0.15, 0.2) is 6.10 Å². The first kappa shape index (κ1) is 68.8. The number of hydrogen-bond donors (Lipinski definition) is 1. The number of allylic oxidation sites excluding steroid dienone is 4. The van der Waals surface area contributed by atoms with Crippen molar-refractivity contribution in [1.82, 2.24) is 0 Å². The van der Waals surface area contributed by atoms with Gasteiger partial charge >= 0.3 is 17.9 Å². The first-order chi connectivity index (χ1) is 34.6. The Balaban J connectivity index is 4.02. The molecule has 418 valence electrons. The number of carboxylic acids is 1. The number of unbranched alkanes of at least 4 members (excludes halogenated alkanes) is 38. The third kappa shape index (κ3) is 55.4. The second-order valence-corrected chi connectivity index (χ2v) is 22.0. The number of rotatable bonds is 57. The van der Waals surface area contributed by atoms with Crippen LogP contribution in [0.25, 0.3) is 0 Å². The summed E-state index contributed by atoms with van der Waals surface area (Å²) in [7, 11) is 5.97. The van der Waals surface area contributed by atoms with Crippen molar-refractivity contribution in [3.05, 3.63) is 24.3 Å². The highest BCUT2D eigenvalue weighted by Crippen LogP contribution is 2.18. The summed E-state index contributed by atoms with van der Waals surface area (Å²) in [5, 5.41) is 9.69. The third-order valence-corrected chi connectivity index (χ3v) is 13.7. The Hall–Kier alpha value is -2.23. The Bertz CT molecular complexity index is 1210. The summed E-state index contributed by atoms with van der Waals surface area (Å²) < 4.78 is 22.9. The molecule has 0 bridgehead atoms. The summed E-state index contributed by atoms with van der Waals surface area (Å²) in [5.41, 5.74) is 0. The van der Waals surface area contributed by atoms with E-state index in [0.29, 0.717) is 23.9 Å². The summed E-state index contributed by atoms with van der Waals surface area (Å²) in [4.78, 5) is 37.3. The van der Waals surface area contributed by atoms with E-state index < -0.39 is 24.3 Å². The number of likely N-dealkylation sites (N-methyl/N-ethyl adjacent to an activating group) is 1. The molecular weight excluding hydrogens is 887 g/mol. The molecule has 0 fully saturated rings. The second-order valence-electron chi connectivity index (χ2n) is 22.0. The zero-order valence-corrected chi connectivity index (χ0v) is 47.7. The normalized spacial score (nSPS) is 12.9. The predicted octanol–water partition coefficient (Wildman–Crippen LogP) is 17.9. The highest BCUT2D eigenvalue weighted by molar-refractivity contribution is 5.71. The molecule has 9 heteroatoms. The fraction of sp³-hybridized carbons (Fsp3) is 0.887. The fourth-order valence-electron chi connectivity index (χ4n) is 8.97. The van der Waals surface area contributed by atoms with Gasteiger partial charge in [-0.2, -0.15) is 0 Å². The Morgan fingerprint density at radius 3 is 1.15 bits per heavy atom. The van der Waals surface area contributed by atoms with Gasteiger partial charge in [-0.1, -0.05) is 269 Å². The van der Waals surface area contributed by atoms with Gasteiger partial charge in [0.25, 0.3) is 6.29 Å². The number of carbonyl (C=O) groups excluding carboxylic acids is 2. The number of esters is 2. The standard InChI is InChI=1S/C62H117NO8/c1-6-8-10-12-14-16-18-20-22-23-24-25-26-27-28-29-30-31-32-33-34-35-36-37-38-39-41-42-44-46-48-50-52-59(64)69-56-58(57-70-62(61(66)67)68-55-54-63(3,4)5)71-60(65)53-51-49-47-45-43-40-21-19-17-15-13-11-9-7-2/h13,15,19,21,58,62H,6-12,14,16-18,20,22-57H2,1-5H3/p+1/b15-13-,21-19-. The zero-order chi connectivity index (χ0) is 52.0. The van der Waals surface area contributed by atoms with Crippen LogP contribution in [0.5, 0.6) is 0 Å². The average Bonchev–Trinajstić information content (AvgIpc) is 3.34. The lowest BCUT2D eigenvalue weighted by molar-refractivity contribution is -0.870. The largest absolute Gasteiger partial charge is 0.477 e. The minimum atomic E-state index is -1.51. The molecule has 0 aliphatic carbocycles. The minimum Gasteiger partial charge on any atom is -0.477 e. The van der Waals surface area contributed by atoms with Crippen LogP contribution >= 0.6 is 0 Å². The quantitative estimate of drug-likeness (QED) is 0.0211. The van der Waals surface area contributed by atoms with Crippen LogP contribution in [0.2, 0.25) is 0 Å². The van der Waals surface area contributed by atoms with Crippen LogP contribution in [-0.2, 0) is 33.3 Å². The van der Waals surface area contributed by atoms with Gasteiger partial charge in [-0.05, 0) is 38.5 Å². The van der Waals surface area contributed by atoms with Gasteiger partial charge in [0, 0.05) is 12.8 Å². The van der Waals surface area contributed by atoms with Crippen LogP contribution in [0.3, 0.4) is 0 Å². The van der Waals surface area contributed by atoms with E-state index in [1.807, 2.05) is 21.1 Å². The molecule has 0 aromatic carbocycles. The molecule has 0 saturated carbocycles. The van der Waals surface area contributed by atoms with Crippen molar-refractivity contribution in [1.29, 1.82) is 0 Å². The molecule has 0 amide bonds. The molecule has 0 aliphatic rings. The Labute approximate surface area is 439 Å². The molecule has 0 heterocycles. The molecule has 0 aromatic rings. The summed E-state index contributed by atoms with van der Waals surface area (Å²) >= 11 is 0. The Morgan fingerprint density at radius 2 is 0.775 bits per heavy atom. The predicted molar refractivity (Wildman–Crippen MR) is 300 cm³/mol.